The largest absolute Gasteiger partial charge is 0.497 e. The molecule has 3 N–H and O–H groups in total. The van der Waals surface area contributed by atoms with Crippen LogP contribution in [-0.2, 0) is 11.2 Å². The summed E-state index contributed by atoms with van der Waals surface area (Å²) in [6.45, 7) is 2.07. The average molecular weight is 353 g/mol. The van der Waals surface area contributed by atoms with Crippen LogP contribution in [0.1, 0.15) is 5.56 Å². The molecule has 1 atom stereocenters. The summed E-state index contributed by atoms with van der Waals surface area (Å²) < 4.78 is 11.0. The summed E-state index contributed by atoms with van der Waals surface area (Å²) in [7, 11) is 1.63. The maximum Gasteiger partial charge on any atom is 0.140 e. The molecular formula is C19H23N5O2. The molecule has 0 bridgehead atoms. The van der Waals surface area contributed by atoms with Crippen LogP contribution in [0.5, 0.6) is 5.75 Å². The fraction of sp³-hybridized carbons (Fsp3) is 0.316. The van der Waals surface area contributed by atoms with E-state index in [9.17, 15) is 0 Å². The highest BCUT2D eigenvalue weighted by Gasteiger charge is 2.21. The summed E-state index contributed by atoms with van der Waals surface area (Å²) in [4.78, 5) is 8.76. The quantitative estimate of drug-likeness (QED) is 0.566. The van der Waals surface area contributed by atoms with Gasteiger partial charge in [-0.25, -0.2) is 9.98 Å². The highest BCUT2D eigenvalue weighted by molar-refractivity contribution is 6.05. The Morgan fingerprint density at radius 3 is 2.85 bits per heavy atom. The molecule has 7 heteroatoms. The highest BCUT2D eigenvalue weighted by Crippen LogP contribution is 2.13. The molecule has 1 aliphatic rings. The highest BCUT2D eigenvalue weighted by atomic mass is 16.5. The number of benzene rings is 1. The maximum absolute atomic E-state index is 8.28. The molecule has 1 aromatic heterocycles. The van der Waals surface area contributed by atoms with E-state index in [2.05, 4.69) is 20.6 Å². The molecule has 1 unspecified atom stereocenters. The lowest BCUT2D eigenvalue weighted by Gasteiger charge is -2.25. The fourth-order valence-electron chi connectivity index (χ4n) is 2.61. The van der Waals surface area contributed by atoms with E-state index in [-0.39, 0.29) is 11.9 Å². The van der Waals surface area contributed by atoms with E-state index < -0.39 is 0 Å². The van der Waals surface area contributed by atoms with Crippen LogP contribution >= 0.6 is 0 Å². The Morgan fingerprint density at radius 2 is 2.19 bits per heavy atom. The third-order valence-corrected chi connectivity index (χ3v) is 3.94. The lowest BCUT2D eigenvalue weighted by molar-refractivity contribution is 0.0711. The number of ether oxygens (including phenoxy) is 2. The summed E-state index contributed by atoms with van der Waals surface area (Å²) >= 11 is 0. The van der Waals surface area contributed by atoms with Crippen molar-refractivity contribution in [2.24, 2.45) is 4.99 Å². The van der Waals surface area contributed by atoms with Gasteiger partial charge in [0.1, 0.15) is 29.3 Å². The number of nitrogens with one attached hydrogen (secondary N) is 3. The van der Waals surface area contributed by atoms with Crippen molar-refractivity contribution in [3.8, 4) is 5.75 Å². The minimum Gasteiger partial charge on any atom is -0.497 e. The lowest BCUT2D eigenvalue weighted by Crippen LogP contribution is -2.46. The van der Waals surface area contributed by atoms with E-state index in [4.69, 9.17) is 14.9 Å². The van der Waals surface area contributed by atoms with Gasteiger partial charge in [-0.05, 0) is 29.8 Å². The first-order valence-electron chi connectivity index (χ1n) is 8.54. The van der Waals surface area contributed by atoms with Crippen molar-refractivity contribution in [2.75, 3.05) is 32.1 Å². The molecule has 1 saturated heterocycles. The molecule has 0 aliphatic carbocycles. The van der Waals surface area contributed by atoms with Crippen molar-refractivity contribution < 1.29 is 9.47 Å². The number of hydrogen-bond acceptors (Lipinski definition) is 5. The van der Waals surface area contributed by atoms with Crippen LogP contribution in [0.2, 0.25) is 0 Å². The van der Waals surface area contributed by atoms with Crippen molar-refractivity contribution in [1.82, 2.24) is 10.3 Å². The predicted octanol–water partition coefficient (Wildman–Crippen LogP) is 2.11. The smallest absolute Gasteiger partial charge is 0.140 e. The number of pyridine rings is 1. The van der Waals surface area contributed by atoms with Gasteiger partial charge in [0.2, 0.25) is 0 Å². The van der Waals surface area contributed by atoms with E-state index in [1.165, 1.54) is 0 Å². The Bertz CT molecular complexity index is 740. The summed E-state index contributed by atoms with van der Waals surface area (Å²) in [5.74, 6) is 2.32. The Kier molecular flexibility index (Phi) is 6.29. The Morgan fingerprint density at radius 1 is 1.35 bits per heavy atom. The van der Waals surface area contributed by atoms with Gasteiger partial charge in [-0.1, -0.05) is 18.2 Å². The van der Waals surface area contributed by atoms with Gasteiger partial charge in [0.15, 0.2) is 0 Å². The summed E-state index contributed by atoms with van der Waals surface area (Å²) in [6.07, 6.45) is 1.90. The van der Waals surface area contributed by atoms with Crippen LogP contribution in [-0.4, -0.2) is 49.6 Å². The molecule has 0 saturated carbocycles. The minimum atomic E-state index is -0.234. The molecule has 0 radical (unpaired) electrons. The summed E-state index contributed by atoms with van der Waals surface area (Å²) in [5, 5.41) is 14.8. The topological polar surface area (TPSA) is 91.6 Å². The molecule has 1 fully saturated rings. The fourth-order valence-corrected chi connectivity index (χ4v) is 2.61. The first-order valence-corrected chi connectivity index (χ1v) is 8.54. The number of hydrogen-bond donors (Lipinski definition) is 3. The van der Waals surface area contributed by atoms with Crippen LogP contribution in [0, 0.1) is 5.41 Å². The van der Waals surface area contributed by atoms with E-state index in [1.807, 2.05) is 42.5 Å². The van der Waals surface area contributed by atoms with Crippen LogP contribution in [0.3, 0.4) is 0 Å². The Balaban J connectivity index is 1.73. The van der Waals surface area contributed by atoms with E-state index >= 15 is 0 Å². The molecule has 26 heavy (non-hydrogen) atoms. The second-order valence-electron chi connectivity index (χ2n) is 5.87. The lowest BCUT2D eigenvalue weighted by atomic mass is 10.1. The second kappa shape index (κ2) is 9.07. The van der Waals surface area contributed by atoms with Crippen molar-refractivity contribution in [3.63, 3.8) is 0 Å². The SMILES string of the molecule is COc1ccc(CC(=N)/N=C(\Nc2ccccn2)C2CNCCO2)cc1. The number of methoxy groups -OCH3 is 1. The van der Waals surface area contributed by atoms with Crippen LogP contribution < -0.4 is 15.4 Å². The van der Waals surface area contributed by atoms with Gasteiger partial charge in [-0.2, -0.15) is 0 Å². The number of rotatable bonds is 5. The number of anilines is 1. The van der Waals surface area contributed by atoms with Crippen molar-refractivity contribution in [3.05, 3.63) is 54.2 Å². The molecule has 1 aliphatic heterocycles. The predicted molar refractivity (Wildman–Crippen MR) is 102 cm³/mol. The number of aromatic nitrogens is 1. The Hall–Kier alpha value is -2.77. The molecule has 3 rings (SSSR count). The minimum absolute atomic E-state index is 0.234. The molecule has 1 aromatic carbocycles. The van der Waals surface area contributed by atoms with E-state index in [0.29, 0.717) is 31.2 Å². The average Bonchev–Trinajstić information content (AvgIpc) is 2.69. The molecular weight excluding hydrogens is 330 g/mol. The van der Waals surface area contributed by atoms with Gasteiger partial charge < -0.3 is 20.1 Å². The van der Waals surface area contributed by atoms with Crippen molar-refractivity contribution >= 4 is 17.5 Å². The van der Waals surface area contributed by atoms with Crippen LogP contribution in [0.4, 0.5) is 5.82 Å². The second-order valence-corrected chi connectivity index (χ2v) is 5.87. The van der Waals surface area contributed by atoms with Gasteiger partial charge in [-0.3, -0.25) is 5.41 Å². The normalized spacial score (nSPS) is 17.6. The van der Waals surface area contributed by atoms with Gasteiger partial charge in [0.25, 0.3) is 0 Å². The van der Waals surface area contributed by atoms with Gasteiger partial charge in [0, 0.05) is 25.7 Å². The zero-order chi connectivity index (χ0) is 18.2. The van der Waals surface area contributed by atoms with E-state index in [0.717, 1.165) is 17.9 Å². The zero-order valence-corrected chi connectivity index (χ0v) is 14.7. The standard InChI is InChI=1S/C19H23N5O2/c1-25-15-7-5-14(6-8-15)12-17(20)23-19(16-13-21-10-11-26-16)24-18-4-2-3-9-22-18/h2-9,16,21H,10-13H2,1H3,(H2,20,22,23,24). The molecule has 136 valence electrons. The third-order valence-electron chi connectivity index (χ3n) is 3.94. The van der Waals surface area contributed by atoms with Gasteiger partial charge >= 0.3 is 0 Å². The van der Waals surface area contributed by atoms with Crippen molar-refractivity contribution in [1.29, 1.82) is 5.41 Å². The molecule has 7 nitrogen and oxygen atoms in total. The Labute approximate surface area is 153 Å². The number of morpholine rings is 1. The number of nitrogens with zero attached hydrogens (tertiary/aromatic N) is 2. The van der Waals surface area contributed by atoms with Crippen LogP contribution in [0.25, 0.3) is 0 Å². The maximum atomic E-state index is 8.28. The molecule has 0 spiro atoms. The number of amidine groups is 2. The third kappa shape index (κ3) is 5.11. The monoisotopic (exact) mass is 353 g/mol. The van der Waals surface area contributed by atoms with Gasteiger partial charge in [0.05, 0.1) is 13.7 Å². The zero-order valence-electron chi connectivity index (χ0n) is 14.7. The van der Waals surface area contributed by atoms with Crippen molar-refractivity contribution in [2.45, 2.75) is 12.5 Å². The first kappa shape index (κ1) is 18.0. The van der Waals surface area contributed by atoms with E-state index in [1.54, 1.807) is 13.3 Å². The molecule has 2 heterocycles. The molecule has 2 aromatic rings. The van der Waals surface area contributed by atoms with Crippen LogP contribution in [0.15, 0.2) is 53.7 Å². The first-order chi connectivity index (χ1) is 12.7. The molecule has 0 amide bonds. The summed E-state index contributed by atoms with van der Waals surface area (Å²) in [5.41, 5.74) is 0.999. The number of aliphatic imine (C=N–C) groups is 1. The summed E-state index contributed by atoms with van der Waals surface area (Å²) in [6, 6.07) is 13.3. The van der Waals surface area contributed by atoms with Gasteiger partial charge in [-0.15, -0.1) is 0 Å².